The first-order chi connectivity index (χ1) is 19.1. The molecular weight excluding hydrogens is 482 g/mol. The number of amides is 1. The molecule has 2 aromatic heterocycles. The van der Waals surface area contributed by atoms with Gasteiger partial charge in [0, 0.05) is 59.4 Å². The van der Waals surface area contributed by atoms with Crippen LogP contribution in [-0.4, -0.2) is 17.9 Å². The first kappa shape index (κ1) is 24.6. The summed E-state index contributed by atoms with van der Waals surface area (Å²) in [6, 6.07) is 32.8. The van der Waals surface area contributed by atoms with E-state index in [4.69, 9.17) is 9.40 Å². The molecule has 0 radical (unpaired) electrons. The highest BCUT2D eigenvalue weighted by molar-refractivity contribution is 6.13. The van der Waals surface area contributed by atoms with Crippen LogP contribution in [-0.2, 0) is 13.1 Å². The van der Waals surface area contributed by atoms with Crippen molar-refractivity contribution in [2.75, 3.05) is 7.05 Å². The Morgan fingerprint density at radius 1 is 0.769 bits per heavy atom. The lowest BCUT2D eigenvalue weighted by Gasteiger charge is -2.10. The molecule has 0 spiro atoms. The molecule has 6 aromatic rings. The van der Waals surface area contributed by atoms with E-state index in [-0.39, 0.29) is 5.91 Å². The second-order valence-electron chi connectivity index (χ2n) is 9.70. The maximum absolute atomic E-state index is 11.7. The number of furan rings is 1. The molecule has 2 heterocycles. The zero-order valence-electron chi connectivity index (χ0n) is 22.0. The van der Waals surface area contributed by atoms with Crippen LogP contribution in [0.15, 0.2) is 108 Å². The molecule has 0 bridgehead atoms. The maximum Gasteiger partial charge on any atom is 0.251 e. The summed E-state index contributed by atoms with van der Waals surface area (Å²) in [6.45, 7) is 3.46. The number of hydrogen-bond donors (Lipinski definition) is 2. The maximum atomic E-state index is 11.7. The fourth-order valence-corrected chi connectivity index (χ4v) is 5.12. The van der Waals surface area contributed by atoms with E-state index in [1.165, 1.54) is 0 Å². The van der Waals surface area contributed by atoms with E-state index in [2.05, 4.69) is 84.3 Å². The number of benzene rings is 4. The molecule has 192 valence electrons. The van der Waals surface area contributed by atoms with Gasteiger partial charge in [-0.25, -0.2) is 0 Å². The van der Waals surface area contributed by atoms with Crippen LogP contribution >= 0.6 is 0 Å². The number of nitrogens with one attached hydrogen (secondary N) is 2. The molecule has 0 unspecified atom stereocenters. The average molecular weight is 512 g/mol. The SMILES string of the molecule is CNC(=O)c1ccc(CNCc2cc(C)c(-c3cccc4c3oc3c(-c5ccccc5)cccc34)cn2)cc1. The number of carbonyl (C=O) groups is 1. The van der Waals surface area contributed by atoms with E-state index in [1.807, 2.05) is 36.5 Å². The Hall–Kier alpha value is -4.74. The van der Waals surface area contributed by atoms with Crippen molar-refractivity contribution in [3.05, 3.63) is 126 Å². The molecule has 6 rings (SSSR count). The topological polar surface area (TPSA) is 67.2 Å². The van der Waals surface area contributed by atoms with E-state index < -0.39 is 0 Å². The molecule has 0 atom stereocenters. The quantitative estimate of drug-likeness (QED) is 0.236. The lowest BCUT2D eigenvalue weighted by molar-refractivity contribution is 0.0963. The minimum absolute atomic E-state index is 0.0794. The summed E-state index contributed by atoms with van der Waals surface area (Å²) in [7, 11) is 1.64. The molecule has 0 saturated carbocycles. The van der Waals surface area contributed by atoms with Gasteiger partial charge in [-0.2, -0.15) is 0 Å². The van der Waals surface area contributed by atoms with Gasteiger partial charge in [0.15, 0.2) is 0 Å². The molecule has 0 aliphatic carbocycles. The normalized spacial score (nSPS) is 11.2. The van der Waals surface area contributed by atoms with Gasteiger partial charge in [-0.1, -0.05) is 78.9 Å². The molecule has 39 heavy (non-hydrogen) atoms. The van der Waals surface area contributed by atoms with Crippen molar-refractivity contribution in [3.63, 3.8) is 0 Å². The van der Waals surface area contributed by atoms with Gasteiger partial charge in [0.2, 0.25) is 0 Å². The van der Waals surface area contributed by atoms with Crippen LogP contribution < -0.4 is 10.6 Å². The fourth-order valence-electron chi connectivity index (χ4n) is 5.12. The minimum atomic E-state index is -0.0794. The Labute approximate surface area is 227 Å². The zero-order valence-corrected chi connectivity index (χ0v) is 22.0. The van der Waals surface area contributed by atoms with Crippen molar-refractivity contribution in [3.8, 4) is 22.3 Å². The van der Waals surface area contributed by atoms with Gasteiger partial charge in [0.1, 0.15) is 11.2 Å². The Balaban J connectivity index is 1.25. The Bertz CT molecular complexity index is 1790. The van der Waals surface area contributed by atoms with E-state index in [1.54, 1.807) is 7.05 Å². The van der Waals surface area contributed by atoms with Crippen molar-refractivity contribution in [1.82, 2.24) is 15.6 Å². The average Bonchev–Trinajstić information content (AvgIpc) is 3.37. The highest BCUT2D eigenvalue weighted by Crippen LogP contribution is 2.40. The molecule has 0 saturated heterocycles. The standard InChI is InChI=1S/C34H29N3O2/c1-22-18-26(20-36-19-23-14-16-25(17-15-23)34(38)35-2)37-21-31(22)30-13-7-12-29-28-11-6-10-27(32(28)39-33(29)30)24-8-4-3-5-9-24/h3-18,21,36H,19-20H2,1-2H3,(H,35,38). The second-order valence-corrected chi connectivity index (χ2v) is 9.70. The van der Waals surface area contributed by atoms with Gasteiger partial charge in [-0.15, -0.1) is 0 Å². The van der Waals surface area contributed by atoms with E-state index in [0.717, 1.165) is 61.0 Å². The number of fused-ring (bicyclic) bond motifs is 3. The van der Waals surface area contributed by atoms with Gasteiger partial charge in [0.05, 0.1) is 5.69 Å². The van der Waals surface area contributed by atoms with Gasteiger partial charge in [-0.05, 0) is 41.8 Å². The summed E-state index contributed by atoms with van der Waals surface area (Å²) in [5.74, 6) is -0.0794. The number of aromatic nitrogens is 1. The third-order valence-corrected chi connectivity index (χ3v) is 7.15. The summed E-state index contributed by atoms with van der Waals surface area (Å²) in [5.41, 5.74) is 10.0. The van der Waals surface area contributed by atoms with Gasteiger partial charge < -0.3 is 15.1 Å². The number of hydrogen-bond acceptors (Lipinski definition) is 4. The Morgan fingerprint density at radius 2 is 1.46 bits per heavy atom. The lowest BCUT2D eigenvalue weighted by atomic mass is 9.98. The highest BCUT2D eigenvalue weighted by Gasteiger charge is 2.16. The van der Waals surface area contributed by atoms with Crippen molar-refractivity contribution in [1.29, 1.82) is 0 Å². The van der Waals surface area contributed by atoms with Crippen LogP contribution in [0.2, 0.25) is 0 Å². The van der Waals surface area contributed by atoms with Gasteiger partial charge in [-0.3, -0.25) is 9.78 Å². The fraction of sp³-hybridized carbons (Fsp3) is 0.118. The number of carbonyl (C=O) groups excluding carboxylic acids is 1. The third kappa shape index (κ3) is 4.80. The number of para-hydroxylation sites is 2. The van der Waals surface area contributed by atoms with Crippen LogP contribution in [0.25, 0.3) is 44.2 Å². The second kappa shape index (κ2) is 10.6. The predicted molar refractivity (Wildman–Crippen MR) is 157 cm³/mol. The van der Waals surface area contributed by atoms with Crippen LogP contribution in [0.4, 0.5) is 0 Å². The summed E-state index contributed by atoms with van der Waals surface area (Å²) in [6.07, 6.45) is 1.95. The van der Waals surface area contributed by atoms with Crippen LogP contribution in [0.1, 0.15) is 27.2 Å². The molecule has 2 N–H and O–H groups in total. The van der Waals surface area contributed by atoms with Crippen molar-refractivity contribution in [2.24, 2.45) is 0 Å². The Morgan fingerprint density at radius 3 is 2.15 bits per heavy atom. The van der Waals surface area contributed by atoms with E-state index in [0.29, 0.717) is 18.7 Å². The van der Waals surface area contributed by atoms with E-state index >= 15 is 0 Å². The number of nitrogens with zero attached hydrogens (tertiary/aromatic N) is 1. The van der Waals surface area contributed by atoms with Gasteiger partial charge >= 0.3 is 0 Å². The summed E-state index contributed by atoms with van der Waals surface area (Å²) in [4.78, 5) is 16.5. The minimum Gasteiger partial charge on any atom is -0.455 e. The lowest BCUT2D eigenvalue weighted by Crippen LogP contribution is -2.18. The molecule has 1 amide bonds. The van der Waals surface area contributed by atoms with Crippen LogP contribution in [0.3, 0.4) is 0 Å². The molecule has 5 nitrogen and oxygen atoms in total. The first-order valence-corrected chi connectivity index (χ1v) is 13.1. The Kier molecular flexibility index (Phi) is 6.66. The summed E-state index contributed by atoms with van der Waals surface area (Å²) >= 11 is 0. The molecule has 0 aliphatic heterocycles. The van der Waals surface area contributed by atoms with Crippen LogP contribution in [0.5, 0.6) is 0 Å². The molecule has 0 aliphatic rings. The summed E-state index contributed by atoms with van der Waals surface area (Å²) in [5, 5.41) is 8.32. The smallest absolute Gasteiger partial charge is 0.251 e. The molecule has 0 fully saturated rings. The van der Waals surface area contributed by atoms with E-state index in [9.17, 15) is 4.79 Å². The largest absolute Gasteiger partial charge is 0.455 e. The number of aryl methyl sites for hydroxylation is 1. The van der Waals surface area contributed by atoms with Crippen LogP contribution in [0, 0.1) is 6.92 Å². The number of rotatable bonds is 7. The third-order valence-electron chi connectivity index (χ3n) is 7.15. The highest BCUT2D eigenvalue weighted by atomic mass is 16.3. The van der Waals surface area contributed by atoms with Crippen molar-refractivity contribution >= 4 is 27.8 Å². The zero-order chi connectivity index (χ0) is 26.8. The molecular formula is C34H29N3O2. The first-order valence-electron chi connectivity index (χ1n) is 13.1. The summed E-state index contributed by atoms with van der Waals surface area (Å²) < 4.78 is 6.59. The van der Waals surface area contributed by atoms with Crippen molar-refractivity contribution < 1.29 is 9.21 Å². The van der Waals surface area contributed by atoms with Gasteiger partial charge in [0.25, 0.3) is 5.91 Å². The monoisotopic (exact) mass is 511 g/mol. The molecule has 5 heteroatoms. The predicted octanol–water partition coefficient (Wildman–Crippen LogP) is 7.27. The molecule has 4 aromatic carbocycles. The van der Waals surface area contributed by atoms with Crippen molar-refractivity contribution in [2.45, 2.75) is 20.0 Å². The number of pyridine rings is 1.